The van der Waals surface area contributed by atoms with Crippen LogP contribution < -0.4 is 0 Å². The van der Waals surface area contributed by atoms with E-state index in [0.717, 1.165) is 13.1 Å². The zero-order valence-corrected chi connectivity index (χ0v) is 11.3. The molecule has 2 nitrogen and oxygen atoms in total. The van der Waals surface area contributed by atoms with Gasteiger partial charge in [0.25, 0.3) is 0 Å². The molecule has 0 spiro atoms. The highest BCUT2D eigenvalue weighted by Crippen LogP contribution is 2.60. The molecule has 1 amide bonds. The molecule has 1 aromatic carbocycles. The van der Waals surface area contributed by atoms with Crippen LogP contribution in [-0.4, -0.2) is 23.9 Å². The van der Waals surface area contributed by atoms with Gasteiger partial charge in [-0.05, 0) is 55.1 Å². The summed E-state index contributed by atoms with van der Waals surface area (Å²) >= 11 is 0. The van der Waals surface area contributed by atoms with Crippen LogP contribution >= 0.6 is 0 Å². The first kappa shape index (κ1) is 11.5. The van der Waals surface area contributed by atoms with Crippen molar-refractivity contribution in [3.05, 3.63) is 35.4 Å². The molecule has 4 rings (SSSR count). The van der Waals surface area contributed by atoms with Crippen LogP contribution in [0.1, 0.15) is 42.7 Å². The standard InChI is InChI=1S/C17H21NO/c19-17(18-10-4-1-5-11-18)16-14-9-8-12-6-2-3-7-13(12)15(14)16/h2-3,6-7,14-16H,1,4-5,8-11H2. The van der Waals surface area contributed by atoms with Crippen LogP contribution in [0.15, 0.2) is 24.3 Å². The first-order chi connectivity index (χ1) is 9.36. The van der Waals surface area contributed by atoms with Gasteiger partial charge in [-0.3, -0.25) is 4.79 Å². The number of rotatable bonds is 1. The van der Waals surface area contributed by atoms with Gasteiger partial charge in [-0.1, -0.05) is 24.3 Å². The summed E-state index contributed by atoms with van der Waals surface area (Å²) in [6, 6.07) is 8.74. The molecule has 0 radical (unpaired) electrons. The van der Waals surface area contributed by atoms with Gasteiger partial charge in [0.1, 0.15) is 0 Å². The van der Waals surface area contributed by atoms with Gasteiger partial charge in [0.15, 0.2) is 0 Å². The lowest BCUT2D eigenvalue weighted by Gasteiger charge is -2.27. The van der Waals surface area contributed by atoms with Crippen molar-refractivity contribution in [2.75, 3.05) is 13.1 Å². The molecular formula is C17H21NO. The van der Waals surface area contributed by atoms with E-state index in [4.69, 9.17) is 0 Å². The molecule has 100 valence electrons. The third-order valence-corrected chi connectivity index (χ3v) is 5.28. The quantitative estimate of drug-likeness (QED) is 0.755. The maximum Gasteiger partial charge on any atom is 0.226 e. The fraction of sp³-hybridized carbons (Fsp3) is 0.588. The minimum absolute atomic E-state index is 0.307. The normalized spacial score (nSPS) is 32.4. The lowest BCUT2D eigenvalue weighted by molar-refractivity contribution is -0.133. The predicted molar refractivity (Wildman–Crippen MR) is 74.9 cm³/mol. The van der Waals surface area contributed by atoms with Crippen LogP contribution in [0.5, 0.6) is 0 Å². The first-order valence-electron chi connectivity index (χ1n) is 7.73. The first-order valence-corrected chi connectivity index (χ1v) is 7.73. The maximum atomic E-state index is 12.7. The number of carbonyl (C=O) groups excluding carboxylic acids is 1. The SMILES string of the molecule is O=C(C1C2CCc3ccccc3C21)N1CCCCC1. The summed E-state index contributed by atoms with van der Waals surface area (Å²) in [6.07, 6.45) is 6.08. The van der Waals surface area contributed by atoms with Crippen LogP contribution in [0.4, 0.5) is 0 Å². The Labute approximate surface area is 114 Å². The molecule has 19 heavy (non-hydrogen) atoms. The van der Waals surface area contributed by atoms with Crippen molar-refractivity contribution in [2.45, 2.75) is 38.0 Å². The minimum atomic E-state index is 0.307. The van der Waals surface area contributed by atoms with Gasteiger partial charge in [0.05, 0.1) is 0 Å². The van der Waals surface area contributed by atoms with E-state index in [1.54, 1.807) is 0 Å². The highest BCUT2D eigenvalue weighted by molar-refractivity contribution is 5.84. The number of aryl methyl sites for hydroxylation is 1. The molecule has 1 aliphatic heterocycles. The lowest BCUT2D eigenvalue weighted by atomic mass is 9.92. The molecule has 1 aromatic rings. The van der Waals surface area contributed by atoms with Gasteiger partial charge < -0.3 is 4.90 Å². The van der Waals surface area contributed by atoms with Crippen LogP contribution in [-0.2, 0) is 11.2 Å². The molecule has 2 heteroatoms. The Morgan fingerprint density at radius 3 is 2.74 bits per heavy atom. The monoisotopic (exact) mass is 255 g/mol. The average molecular weight is 255 g/mol. The summed E-state index contributed by atoms with van der Waals surface area (Å²) in [5.41, 5.74) is 2.95. The van der Waals surface area contributed by atoms with Gasteiger partial charge in [-0.25, -0.2) is 0 Å². The fourth-order valence-corrected chi connectivity index (χ4v) is 4.23. The summed E-state index contributed by atoms with van der Waals surface area (Å²) in [5.74, 6) is 1.94. The van der Waals surface area contributed by atoms with Crippen molar-refractivity contribution < 1.29 is 4.79 Å². The van der Waals surface area contributed by atoms with Crippen LogP contribution in [0, 0.1) is 11.8 Å². The molecule has 2 fully saturated rings. The second kappa shape index (κ2) is 4.36. The number of likely N-dealkylation sites (tertiary alicyclic amines) is 1. The number of amides is 1. The van der Waals surface area contributed by atoms with Crippen LogP contribution in [0.3, 0.4) is 0 Å². The largest absolute Gasteiger partial charge is 0.342 e. The second-order valence-electron chi connectivity index (χ2n) is 6.34. The molecule has 0 N–H and O–H groups in total. The Morgan fingerprint density at radius 2 is 1.89 bits per heavy atom. The van der Waals surface area contributed by atoms with Gasteiger partial charge in [-0.2, -0.15) is 0 Å². The number of hydrogen-bond acceptors (Lipinski definition) is 1. The Kier molecular flexibility index (Phi) is 2.64. The maximum absolute atomic E-state index is 12.7. The Balaban J connectivity index is 1.55. The van der Waals surface area contributed by atoms with Crippen LogP contribution in [0.2, 0.25) is 0 Å². The molecule has 2 aliphatic carbocycles. The molecule has 3 unspecified atom stereocenters. The molecule has 3 aliphatic rings. The second-order valence-corrected chi connectivity index (χ2v) is 6.34. The van der Waals surface area contributed by atoms with Crippen molar-refractivity contribution in [1.82, 2.24) is 4.90 Å². The number of piperidine rings is 1. The zero-order valence-electron chi connectivity index (χ0n) is 11.3. The number of fused-ring (bicyclic) bond motifs is 3. The lowest BCUT2D eigenvalue weighted by Crippen LogP contribution is -2.37. The number of hydrogen-bond donors (Lipinski definition) is 0. The van der Waals surface area contributed by atoms with E-state index >= 15 is 0 Å². The summed E-state index contributed by atoms with van der Waals surface area (Å²) in [6.45, 7) is 1.99. The molecule has 0 aromatic heterocycles. The Morgan fingerprint density at radius 1 is 1.11 bits per heavy atom. The smallest absolute Gasteiger partial charge is 0.226 e. The third-order valence-electron chi connectivity index (χ3n) is 5.28. The fourth-order valence-electron chi connectivity index (χ4n) is 4.23. The molecule has 1 heterocycles. The molecule has 0 bridgehead atoms. The molecule has 1 saturated heterocycles. The van der Waals surface area contributed by atoms with E-state index < -0.39 is 0 Å². The van der Waals surface area contributed by atoms with Crippen molar-refractivity contribution in [1.29, 1.82) is 0 Å². The van der Waals surface area contributed by atoms with E-state index in [0.29, 0.717) is 23.7 Å². The topological polar surface area (TPSA) is 20.3 Å². The van der Waals surface area contributed by atoms with E-state index in [1.165, 1.54) is 43.2 Å². The molecule has 1 saturated carbocycles. The molecule has 3 atom stereocenters. The van der Waals surface area contributed by atoms with E-state index in [9.17, 15) is 4.79 Å². The number of benzene rings is 1. The van der Waals surface area contributed by atoms with E-state index in [1.807, 2.05) is 0 Å². The van der Waals surface area contributed by atoms with Crippen molar-refractivity contribution in [3.63, 3.8) is 0 Å². The van der Waals surface area contributed by atoms with Gasteiger partial charge in [0, 0.05) is 19.0 Å². The highest BCUT2D eigenvalue weighted by Gasteiger charge is 2.57. The predicted octanol–water partition coefficient (Wildman–Crippen LogP) is 2.97. The number of nitrogens with zero attached hydrogens (tertiary/aromatic N) is 1. The van der Waals surface area contributed by atoms with Crippen molar-refractivity contribution >= 4 is 5.91 Å². The van der Waals surface area contributed by atoms with Gasteiger partial charge in [0.2, 0.25) is 5.91 Å². The minimum Gasteiger partial charge on any atom is -0.342 e. The van der Waals surface area contributed by atoms with E-state index in [-0.39, 0.29) is 0 Å². The van der Waals surface area contributed by atoms with Crippen molar-refractivity contribution in [2.24, 2.45) is 11.8 Å². The summed E-state index contributed by atoms with van der Waals surface area (Å²) in [4.78, 5) is 14.8. The van der Waals surface area contributed by atoms with E-state index in [2.05, 4.69) is 29.2 Å². The Hall–Kier alpha value is -1.31. The zero-order chi connectivity index (χ0) is 12.8. The van der Waals surface area contributed by atoms with Crippen LogP contribution in [0.25, 0.3) is 0 Å². The average Bonchev–Trinajstić information content (AvgIpc) is 3.22. The summed E-state index contributed by atoms with van der Waals surface area (Å²) < 4.78 is 0. The third kappa shape index (κ3) is 1.80. The Bertz CT molecular complexity index is 504. The highest BCUT2D eigenvalue weighted by atomic mass is 16.2. The molecular weight excluding hydrogens is 234 g/mol. The van der Waals surface area contributed by atoms with Gasteiger partial charge in [-0.15, -0.1) is 0 Å². The van der Waals surface area contributed by atoms with Crippen molar-refractivity contribution in [3.8, 4) is 0 Å². The number of carbonyl (C=O) groups is 1. The van der Waals surface area contributed by atoms with Gasteiger partial charge >= 0.3 is 0 Å². The summed E-state index contributed by atoms with van der Waals surface area (Å²) in [5, 5.41) is 0. The summed E-state index contributed by atoms with van der Waals surface area (Å²) in [7, 11) is 0.